The largest absolute Gasteiger partial charge is 0.486 e. The number of carboxylic acid groups (broad SMARTS) is 1. The van der Waals surface area contributed by atoms with Crippen LogP contribution in [0.25, 0.3) is 6.08 Å². The smallest absolute Gasteiger partial charge is 0.335 e. The van der Waals surface area contributed by atoms with Crippen LogP contribution in [0.2, 0.25) is 0 Å². The molecule has 0 spiro atoms. The van der Waals surface area contributed by atoms with Gasteiger partial charge in [0.2, 0.25) is 0 Å². The average molecular weight is 667 g/mol. The van der Waals surface area contributed by atoms with Crippen molar-refractivity contribution < 1.29 is 23.8 Å². The molecular formula is C25H17BrFIN2O4S. The number of aromatic carboxylic acids is 1. The van der Waals surface area contributed by atoms with Crippen LogP contribution in [0.4, 0.5) is 10.1 Å². The van der Waals surface area contributed by atoms with Crippen molar-refractivity contribution in [3.8, 4) is 5.75 Å². The minimum absolute atomic E-state index is 0.0914. The molecule has 0 atom stereocenters. The van der Waals surface area contributed by atoms with Crippen molar-refractivity contribution >= 4 is 79.1 Å². The zero-order chi connectivity index (χ0) is 25.1. The third kappa shape index (κ3) is 5.93. The number of thioether (sulfide) groups is 1. The molecule has 1 aliphatic heterocycles. The standard InChI is InChI=1S/C25H17BrFIN2O4S/c1-30-23(31)21(35-25(30)29-17-8-6-15(7-9-17)24(32)33)12-14-10-18(26)22(20(28)11-14)34-13-16-4-2-3-5-19(16)27/h2-12H,13H2,1H3,(H,32,33)/b21-12-,29-25?. The van der Waals surface area contributed by atoms with Crippen LogP contribution in [0, 0.1) is 9.39 Å². The number of likely N-dealkylation sites (N-methyl/N-ethyl adjacent to an activating group) is 1. The maximum Gasteiger partial charge on any atom is 0.335 e. The highest BCUT2D eigenvalue weighted by molar-refractivity contribution is 14.1. The van der Waals surface area contributed by atoms with E-state index in [2.05, 4.69) is 43.5 Å². The molecule has 0 unspecified atom stereocenters. The van der Waals surface area contributed by atoms with Crippen LogP contribution in [0.15, 0.2) is 75.0 Å². The van der Waals surface area contributed by atoms with Gasteiger partial charge in [-0.2, -0.15) is 0 Å². The Labute approximate surface area is 227 Å². The number of amides is 1. The first kappa shape index (κ1) is 25.4. The fourth-order valence-corrected chi connectivity index (χ4v) is 5.91. The SMILES string of the molecule is CN1C(=O)/C(=C/c2cc(Br)c(OCc3ccccc3F)c(I)c2)SC1=Nc1ccc(C(=O)O)cc1. The van der Waals surface area contributed by atoms with Crippen LogP contribution in [-0.2, 0) is 11.4 Å². The second-order valence-corrected chi connectivity index (χ2v) is 10.4. The van der Waals surface area contributed by atoms with E-state index < -0.39 is 5.97 Å². The third-order valence-electron chi connectivity index (χ3n) is 4.99. The van der Waals surface area contributed by atoms with Gasteiger partial charge in [-0.25, -0.2) is 14.2 Å². The predicted molar refractivity (Wildman–Crippen MR) is 146 cm³/mol. The van der Waals surface area contributed by atoms with E-state index in [9.17, 15) is 14.0 Å². The number of aliphatic imine (C=N–C) groups is 1. The maximum absolute atomic E-state index is 13.9. The number of hydrogen-bond donors (Lipinski definition) is 1. The van der Waals surface area contributed by atoms with Crippen molar-refractivity contribution in [1.82, 2.24) is 4.90 Å². The Hall–Kier alpha value is -2.70. The van der Waals surface area contributed by atoms with Crippen molar-refractivity contribution in [3.05, 3.63) is 96.1 Å². The summed E-state index contributed by atoms with van der Waals surface area (Å²) >= 11 is 6.89. The van der Waals surface area contributed by atoms with E-state index in [0.29, 0.717) is 31.5 Å². The number of benzene rings is 3. The molecule has 6 nitrogen and oxygen atoms in total. The Bertz CT molecular complexity index is 1360. The molecule has 178 valence electrons. The van der Waals surface area contributed by atoms with Gasteiger partial charge >= 0.3 is 5.97 Å². The molecule has 0 saturated carbocycles. The Morgan fingerprint density at radius 1 is 1.23 bits per heavy atom. The molecule has 1 N–H and O–H groups in total. The quantitative estimate of drug-likeness (QED) is 0.234. The zero-order valence-corrected chi connectivity index (χ0v) is 22.7. The minimum atomic E-state index is -1.01. The van der Waals surface area contributed by atoms with Gasteiger partial charge in [-0.3, -0.25) is 9.69 Å². The molecule has 3 aromatic rings. The molecule has 3 aromatic carbocycles. The van der Waals surface area contributed by atoms with Crippen molar-refractivity contribution in [2.45, 2.75) is 6.61 Å². The topological polar surface area (TPSA) is 79.2 Å². The third-order valence-corrected chi connectivity index (χ3v) is 7.44. The number of rotatable bonds is 6. The van der Waals surface area contributed by atoms with Crippen LogP contribution in [0.3, 0.4) is 0 Å². The van der Waals surface area contributed by atoms with Crippen LogP contribution in [0.5, 0.6) is 5.75 Å². The lowest BCUT2D eigenvalue weighted by molar-refractivity contribution is -0.121. The molecule has 0 aliphatic carbocycles. The van der Waals surface area contributed by atoms with Gasteiger partial charge < -0.3 is 9.84 Å². The Morgan fingerprint density at radius 3 is 2.60 bits per heavy atom. The maximum atomic E-state index is 13.9. The van der Waals surface area contributed by atoms with E-state index in [4.69, 9.17) is 9.84 Å². The van der Waals surface area contributed by atoms with E-state index in [1.165, 1.54) is 34.9 Å². The minimum Gasteiger partial charge on any atom is -0.486 e. The Balaban J connectivity index is 1.53. The zero-order valence-electron chi connectivity index (χ0n) is 18.2. The van der Waals surface area contributed by atoms with Gasteiger partial charge in [0.05, 0.1) is 24.2 Å². The molecular weight excluding hydrogens is 650 g/mol. The molecule has 0 radical (unpaired) electrons. The summed E-state index contributed by atoms with van der Waals surface area (Å²) in [7, 11) is 1.64. The molecule has 1 saturated heterocycles. The summed E-state index contributed by atoms with van der Waals surface area (Å²) in [6.07, 6.45) is 1.77. The Morgan fingerprint density at radius 2 is 1.94 bits per heavy atom. The lowest BCUT2D eigenvalue weighted by atomic mass is 10.2. The van der Waals surface area contributed by atoms with Gasteiger partial charge in [0.1, 0.15) is 18.2 Å². The van der Waals surface area contributed by atoms with E-state index in [1.54, 1.807) is 43.5 Å². The predicted octanol–water partition coefficient (Wildman–Crippen LogP) is 6.70. The molecule has 0 bridgehead atoms. The summed E-state index contributed by atoms with van der Waals surface area (Å²) in [5, 5.41) is 9.52. The van der Waals surface area contributed by atoms with Crippen LogP contribution < -0.4 is 4.74 Å². The van der Waals surface area contributed by atoms with Crippen molar-refractivity contribution in [3.63, 3.8) is 0 Å². The summed E-state index contributed by atoms with van der Waals surface area (Å²) in [6.45, 7) is 0.0914. The van der Waals surface area contributed by atoms with Gasteiger partial charge in [-0.05, 0) is 104 Å². The van der Waals surface area contributed by atoms with Crippen LogP contribution in [-0.4, -0.2) is 34.1 Å². The lowest BCUT2D eigenvalue weighted by Crippen LogP contribution is -2.23. The van der Waals surface area contributed by atoms with Gasteiger partial charge in [0, 0.05) is 12.6 Å². The van der Waals surface area contributed by atoms with Crippen LogP contribution in [0.1, 0.15) is 21.5 Å². The number of halogens is 3. The Kier molecular flexibility index (Phi) is 7.92. The molecule has 4 rings (SSSR count). The molecule has 0 aromatic heterocycles. The van der Waals surface area contributed by atoms with E-state index in [1.807, 2.05) is 12.1 Å². The fraction of sp³-hybridized carbons (Fsp3) is 0.0800. The number of carboxylic acids is 1. The van der Waals surface area contributed by atoms with E-state index in [-0.39, 0.29) is 23.9 Å². The van der Waals surface area contributed by atoms with Crippen molar-refractivity contribution in [2.24, 2.45) is 4.99 Å². The number of carbonyl (C=O) groups excluding carboxylic acids is 1. The molecule has 1 fully saturated rings. The molecule has 1 amide bonds. The first-order chi connectivity index (χ1) is 16.7. The number of amidine groups is 1. The van der Waals surface area contributed by atoms with Gasteiger partial charge in [0.25, 0.3) is 5.91 Å². The first-order valence-electron chi connectivity index (χ1n) is 10.2. The highest BCUT2D eigenvalue weighted by atomic mass is 127. The second kappa shape index (κ2) is 10.9. The number of nitrogens with zero attached hydrogens (tertiary/aromatic N) is 2. The van der Waals surface area contributed by atoms with Gasteiger partial charge in [0.15, 0.2) is 5.17 Å². The van der Waals surface area contributed by atoms with E-state index in [0.717, 1.165) is 9.13 Å². The monoisotopic (exact) mass is 666 g/mol. The van der Waals surface area contributed by atoms with Crippen LogP contribution >= 0.6 is 50.3 Å². The number of carbonyl (C=O) groups is 2. The number of ether oxygens (including phenoxy) is 1. The normalized spacial score (nSPS) is 15.8. The molecule has 10 heteroatoms. The summed E-state index contributed by atoms with van der Waals surface area (Å²) in [5.74, 6) is -0.940. The highest BCUT2D eigenvalue weighted by Gasteiger charge is 2.30. The fourth-order valence-electron chi connectivity index (χ4n) is 3.16. The average Bonchev–Trinajstić information content (AvgIpc) is 3.07. The first-order valence-corrected chi connectivity index (χ1v) is 12.9. The van der Waals surface area contributed by atoms with Gasteiger partial charge in [-0.1, -0.05) is 18.2 Å². The highest BCUT2D eigenvalue weighted by Crippen LogP contribution is 2.37. The van der Waals surface area contributed by atoms with E-state index >= 15 is 0 Å². The summed E-state index contributed by atoms with van der Waals surface area (Å²) < 4.78 is 21.2. The van der Waals surface area contributed by atoms with Crippen molar-refractivity contribution in [1.29, 1.82) is 0 Å². The van der Waals surface area contributed by atoms with Gasteiger partial charge in [-0.15, -0.1) is 0 Å². The number of hydrogen-bond acceptors (Lipinski definition) is 5. The molecule has 1 aliphatic rings. The molecule has 35 heavy (non-hydrogen) atoms. The molecule has 1 heterocycles. The summed E-state index contributed by atoms with van der Waals surface area (Å²) in [5.41, 5.74) is 1.96. The summed E-state index contributed by atoms with van der Waals surface area (Å²) in [6, 6.07) is 16.3. The van der Waals surface area contributed by atoms with Crippen molar-refractivity contribution in [2.75, 3.05) is 7.05 Å². The second-order valence-electron chi connectivity index (χ2n) is 7.41. The summed E-state index contributed by atoms with van der Waals surface area (Å²) in [4.78, 5) is 30.2. The lowest BCUT2D eigenvalue weighted by Gasteiger charge is -2.12.